The molecule has 6 unspecified atom stereocenters. The van der Waals surface area contributed by atoms with Crippen molar-refractivity contribution in [2.75, 3.05) is 82.3 Å². The predicted molar refractivity (Wildman–Crippen MR) is 418 cm³/mol. The van der Waals surface area contributed by atoms with E-state index in [1.54, 1.807) is 44.2 Å². The van der Waals surface area contributed by atoms with Crippen LogP contribution in [0.4, 0.5) is 22.9 Å². The molecule has 9 rings (SSSR count). The summed E-state index contributed by atoms with van der Waals surface area (Å²) in [5.74, 6) is -0.620. The van der Waals surface area contributed by atoms with Crippen molar-refractivity contribution >= 4 is 118 Å². The Morgan fingerprint density at radius 3 is 2.35 bits per heavy atom. The highest BCUT2D eigenvalue weighted by atomic mass is 33.1. The van der Waals surface area contributed by atoms with Gasteiger partial charge in [-0.2, -0.15) is 21.6 Å². The average molecular weight is 1680 g/mol. The number of carbonyl (C=O) groups excluding carboxylic acids is 4. The molecule has 1 fully saturated rings. The van der Waals surface area contributed by atoms with E-state index in [2.05, 4.69) is 132 Å². The molecule has 113 heavy (non-hydrogen) atoms. The van der Waals surface area contributed by atoms with Gasteiger partial charge in [-0.25, -0.2) is 23.7 Å². The Balaban J connectivity index is 0.651. The van der Waals surface area contributed by atoms with Crippen molar-refractivity contribution in [3.05, 3.63) is 177 Å². The van der Waals surface area contributed by atoms with Crippen molar-refractivity contribution in [2.24, 2.45) is 10.2 Å². The number of aromatic nitrogens is 3. The van der Waals surface area contributed by atoms with Crippen LogP contribution in [0, 0.1) is 0 Å². The van der Waals surface area contributed by atoms with E-state index in [-0.39, 0.29) is 90.8 Å². The summed E-state index contributed by atoms with van der Waals surface area (Å²) < 4.78 is 114. The number of phosphoric acid groups is 3. The number of phosphoric ester groups is 1. The number of anilines is 3. The van der Waals surface area contributed by atoms with Crippen LogP contribution in [0.25, 0.3) is 31.9 Å². The number of azide groups is 2. The molecule has 38 nitrogen and oxygen atoms in total. The molecular formula is C69H88N16O22P3S3+. The summed E-state index contributed by atoms with van der Waals surface area (Å²) in [6, 6.07) is 29.5. The van der Waals surface area contributed by atoms with Crippen LogP contribution < -0.4 is 36.6 Å². The van der Waals surface area contributed by atoms with Crippen LogP contribution in [0.3, 0.4) is 0 Å². The largest absolute Gasteiger partial charge is 0.491 e. The number of nitrogens with one attached hydrogen (secondary N) is 4. The number of hydrogen-bond acceptors (Lipinski definition) is 25. The number of rotatable bonds is 43. The molecule has 1 saturated heterocycles. The minimum Gasteiger partial charge on any atom is -0.491 e. The second-order valence-electron chi connectivity index (χ2n) is 27.2. The number of nitrogens with zero attached hydrogens (tertiary/aromatic N) is 11. The SMILES string of the molecule is CC(C)(SSCCNC(=O)CCCCC[N+]1=C(C=CC=C2N(c3ccccc3)c3ccccc3C2(C)C)C(C)(C)c2cc(S(=O)(=O)O)ccc21)C(=O)NCCNC(=O)c1cccc(OCC(N=[N+]=[N-])OCCOCC(=O)NCc2cn(C3CC(OCN=[N+]=[N-])C(COP(=O)(O)OP(=O)(O)OP(=O)(O)O)O3)c3ncnc(N)c23)c1. The van der Waals surface area contributed by atoms with Gasteiger partial charge in [0.15, 0.2) is 11.9 Å². The Bertz CT molecular complexity index is 4920. The summed E-state index contributed by atoms with van der Waals surface area (Å²) in [4.78, 5) is 106. The summed E-state index contributed by atoms with van der Waals surface area (Å²) in [5, 5.41) is 18.5. The van der Waals surface area contributed by atoms with E-state index in [9.17, 15) is 61.2 Å². The second kappa shape index (κ2) is 39.2. The second-order valence-corrected chi connectivity index (χ2v) is 36.0. The van der Waals surface area contributed by atoms with Crippen LogP contribution in [0.1, 0.15) is 107 Å². The van der Waals surface area contributed by atoms with Crippen LogP contribution in [0.2, 0.25) is 0 Å². The number of para-hydroxylation sites is 2. The van der Waals surface area contributed by atoms with Crippen LogP contribution in [-0.4, -0.2) is 176 Å². The Hall–Kier alpha value is -8.59. The maximum Gasteiger partial charge on any atom is 0.490 e. The Morgan fingerprint density at radius 1 is 0.858 bits per heavy atom. The van der Waals surface area contributed by atoms with Gasteiger partial charge < -0.3 is 79.7 Å². The Kier molecular flexibility index (Phi) is 30.6. The van der Waals surface area contributed by atoms with Gasteiger partial charge in [0.05, 0.1) is 46.4 Å². The van der Waals surface area contributed by atoms with E-state index in [0.29, 0.717) is 42.6 Å². The minimum absolute atomic E-state index is 0.00293. The number of ether oxygens (including phenoxy) is 5. The first-order valence-electron chi connectivity index (χ1n) is 35.2. The minimum atomic E-state index is -5.84. The summed E-state index contributed by atoms with van der Waals surface area (Å²) >= 11 is 0. The summed E-state index contributed by atoms with van der Waals surface area (Å²) in [6.07, 6.45) is 6.77. The molecule has 4 aromatic carbocycles. The monoisotopic (exact) mass is 1680 g/mol. The smallest absolute Gasteiger partial charge is 0.490 e. The number of carbonyl (C=O) groups is 4. The van der Waals surface area contributed by atoms with E-state index in [1.807, 2.05) is 38.1 Å². The van der Waals surface area contributed by atoms with Crippen molar-refractivity contribution in [1.82, 2.24) is 35.8 Å². The third-order valence-corrected chi connectivity index (χ3v) is 25.9. The number of unbranched alkanes of at least 4 members (excludes halogenated alkanes) is 2. The topological polar surface area (TPSA) is 537 Å². The normalized spacial score (nSPS) is 18.2. The van der Waals surface area contributed by atoms with Gasteiger partial charge in [0, 0.05) is 119 Å². The summed E-state index contributed by atoms with van der Waals surface area (Å²) in [5.41, 5.74) is 31.2. The van der Waals surface area contributed by atoms with Crippen LogP contribution in [-0.2, 0) is 87.7 Å². The molecule has 4 amide bonds. The molecule has 0 spiro atoms. The van der Waals surface area contributed by atoms with Gasteiger partial charge in [-0.1, -0.05) is 94.2 Å². The summed E-state index contributed by atoms with van der Waals surface area (Å²) in [6.45, 7) is 10.6. The lowest BCUT2D eigenvalue weighted by Crippen LogP contribution is -2.42. The molecule has 0 aliphatic carbocycles. The molecule has 0 saturated carbocycles. The molecule has 5 heterocycles. The van der Waals surface area contributed by atoms with E-state index >= 15 is 0 Å². The van der Waals surface area contributed by atoms with Crippen molar-refractivity contribution < 1.29 is 107 Å². The van der Waals surface area contributed by atoms with Gasteiger partial charge in [-0.3, -0.25) is 28.3 Å². The first-order valence-corrected chi connectivity index (χ1v) is 43.4. The molecule has 608 valence electrons. The van der Waals surface area contributed by atoms with E-state index in [1.165, 1.54) is 50.0 Å². The third kappa shape index (κ3) is 24.3. The van der Waals surface area contributed by atoms with Crippen molar-refractivity contribution in [2.45, 2.75) is 125 Å². The number of fused-ring (bicyclic) bond motifs is 3. The Morgan fingerprint density at radius 2 is 1.61 bits per heavy atom. The van der Waals surface area contributed by atoms with Crippen LogP contribution in [0.5, 0.6) is 5.75 Å². The van der Waals surface area contributed by atoms with E-state index in [4.69, 9.17) is 49.3 Å². The summed E-state index contributed by atoms with van der Waals surface area (Å²) in [7, 11) is -18.8. The zero-order valence-corrected chi connectivity index (χ0v) is 67.3. The fourth-order valence-electron chi connectivity index (χ4n) is 12.7. The lowest BCUT2D eigenvalue weighted by molar-refractivity contribution is -0.438. The highest BCUT2D eigenvalue weighted by Crippen LogP contribution is 2.66. The number of allylic oxidation sites excluding steroid dienone is 4. The molecule has 44 heteroatoms. The van der Waals surface area contributed by atoms with Gasteiger partial charge in [0.25, 0.3) is 16.0 Å². The zero-order valence-electron chi connectivity index (χ0n) is 62.2. The number of hydrogen-bond donors (Lipinski definition) is 10. The number of nitrogen functional groups attached to an aromatic ring is 1. The number of nitrogens with two attached hydrogens (primary N) is 1. The molecule has 3 aliphatic rings. The molecule has 0 radical (unpaired) electrons. The highest BCUT2D eigenvalue weighted by Gasteiger charge is 2.47. The standard InChI is InChI=1S/C69H87N16O22P3S3/c1-67(2)50-21-12-13-22-53(50)85(47-18-9-7-10-19-47)57(67)24-16-23-56-68(3,4)51-36-49(113(97,98)99)26-27-52(51)83(56)31-14-8-11-25-58(86)73-30-34-111-112-69(5,6)66(89)75-29-28-74-65(88)45-17-15-20-48(35-45)102-42-60(80-82-72)101-33-32-100-41-59(87)76-38-46-39-84(64-62(46)63(70)77-43-78-64)61-37-54(103-44-79-81-71)55(105-61)40-104-109(93,94)107-110(95,96)106-108(90,91)92/h7,9-10,12-13,15-24,26-27,35-36,39,43,54-55,60-61H,8,11,14,25,28-34,37-38,40-42,44H2,1-6H3,(H10-,70,73,74,75,76,77,78,86,87,88,89,90,91,92,93,94,95,96,97,98,99)/p+1. The van der Waals surface area contributed by atoms with Crippen molar-refractivity contribution in [1.29, 1.82) is 0 Å². The third-order valence-electron chi connectivity index (χ3n) is 18.0. The molecule has 6 atom stereocenters. The highest BCUT2D eigenvalue weighted by molar-refractivity contribution is 8.77. The van der Waals surface area contributed by atoms with E-state index < -0.39 is 100 Å². The predicted octanol–water partition coefficient (Wildman–Crippen LogP) is 10.2. The average Bonchev–Trinajstić information content (AvgIpc) is 1.59. The maximum atomic E-state index is 13.3. The van der Waals surface area contributed by atoms with Crippen LogP contribution >= 0.6 is 45.1 Å². The number of amides is 4. The van der Waals surface area contributed by atoms with Gasteiger partial charge in [0.2, 0.25) is 23.4 Å². The lowest BCUT2D eigenvalue weighted by Gasteiger charge is -2.27. The molecule has 6 aromatic rings. The fraction of sp³-hybridized carbons (Fsp3) is 0.435. The van der Waals surface area contributed by atoms with Gasteiger partial charge in [-0.15, -0.1) is 0 Å². The Labute approximate surface area is 657 Å². The molecule has 3 aliphatic heterocycles. The first kappa shape index (κ1) is 88.4. The molecule has 2 aromatic heterocycles. The fourth-order valence-corrected chi connectivity index (χ4v) is 18.6. The van der Waals surface area contributed by atoms with E-state index in [0.717, 1.165) is 53.2 Å². The molecule has 11 N–H and O–H groups in total. The van der Waals surface area contributed by atoms with Gasteiger partial charge >= 0.3 is 23.5 Å². The quantitative estimate of drug-likeness (QED) is 0.00248. The lowest BCUT2D eigenvalue weighted by atomic mass is 9.81. The van der Waals surface area contributed by atoms with Crippen molar-refractivity contribution in [3.8, 4) is 5.75 Å². The van der Waals surface area contributed by atoms with Crippen molar-refractivity contribution in [3.63, 3.8) is 0 Å². The first-order chi connectivity index (χ1) is 53.5. The van der Waals surface area contributed by atoms with Crippen LogP contribution in [0.15, 0.2) is 149 Å². The van der Waals surface area contributed by atoms with Gasteiger partial charge in [0.1, 0.15) is 62.4 Å². The molecule has 0 bridgehead atoms. The zero-order chi connectivity index (χ0) is 81.9. The molecular weight excluding hydrogens is 1590 g/mol. The number of benzene rings is 4. The van der Waals surface area contributed by atoms with Gasteiger partial charge in [-0.05, 0) is 112 Å². The maximum absolute atomic E-state index is 13.3.